The van der Waals surface area contributed by atoms with E-state index in [1.54, 1.807) is 0 Å². The maximum absolute atomic E-state index is 13.3. The second-order valence-electron chi connectivity index (χ2n) is 30.4. The number of hydrogen-bond acceptors (Lipinski definition) is 6. The molecular weight excluding hydrogens is 1080 g/mol. The minimum absolute atomic E-state index is 0.0743. The molecule has 8 aromatic rings. The van der Waals surface area contributed by atoms with E-state index in [1.165, 1.54) is 33.4 Å². The Hall–Kier alpha value is -9.02. The molecule has 10 heteroatoms. The van der Waals surface area contributed by atoms with Gasteiger partial charge in [0, 0.05) is 50.0 Å². The van der Waals surface area contributed by atoms with Gasteiger partial charge < -0.3 is 9.97 Å². The van der Waals surface area contributed by atoms with E-state index in [0.717, 1.165) is 89.4 Å². The van der Waals surface area contributed by atoms with Crippen LogP contribution in [0.2, 0.25) is 0 Å². The predicted octanol–water partition coefficient (Wildman–Crippen LogP) is 19.0. The summed E-state index contributed by atoms with van der Waals surface area (Å²) in [5.41, 5.74) is 22.2. The van der Waals surface area contributed by atoms with E-state index in [9.17, 15) is 9.59 Å². The predicted molar refractivity (Wildman–Crippen MR) is 369 cm³/mol. The van der Waals surface area contributed by atoms with Crippen molar-refractivity contribution < 1.29 is 0 Å². The molecule has 0 aliphatic carbocycles. The minimum atomic E-state index is -0.739. The van der Waals surface area contributed by atoms with Crippen LogP contribution in [0.1, 0.15) is 181 Å². The molecular formula is C78H82N8O2. The number of para-hydroxylation sites is 2. The zero-order valence-corrected chi connectivity index (χ0v) is 54.5. The number of fused-ring (bicyclic) bond motifs is 10. The molecule has 0 saturated carbocycles. The summed E-state index contributed by atoms with van der Waals surface area (Å²) in [5, 5.41) is 0. The fraction of sp³-hybridized carbons (Fsp3) is 0.308. The fourth-order valence-electron chi connectivity index (χ4n) is 12.0. The summed E-state index contributed by atoms with van der Waals surface area (Å²) in [7, 11) is 0. The quantitative estimate of drug-likeness (QED) is 0.147. The second-order valence-corrected chi connectivity index (χ2v) is 30.4. The molecule has 0 atom stereocenters. The monoisotopic (exact) mass is 1160 g/mol. The summed E-state index contributed by atoms with van der Waals surface area (Å²) in [6.45, 7) is 41.2. The van der Waals surface area contributed by atoms with Crippen LogP contribution in [-0.2, 0) is 32.5 Å². The molecule has 10 nitrogen and oxygen atoms in total. The standard InChI is InChI=1S/C78H82N8O2/c1-73(2,3)48-35-45(36-49(41-48)74(4,5)6)66-58-29-27-56(79-58)65(44-23-25-54(26-24-44)86-64-22-20-19-21-55(64)83-69-70(86)84-72(88)85-71(69)87)57-28-30-59(80-57)67(46-37-50(75(7,8)9)42-51(38-46)76(10,11)12)61-32-34-63(82-61)68(62-33-31-60(66)81-62)47-39-52(77(13,14)15)43-53(40-47)78(16,17)18/h19-43,79,82H,1-18H3,(H,85,87,88). The summed E-state index contributed by atoms with van der Waals surface area (Å²) >= 11 is 0. The maximum Gasteiger partial charge on any atom is 0.349 e. The first-order valence-corrected chi connectivity index (χ1v) is 30.9. The Morgan fingerprint density at radius 1 is 0.341 bits per heavy atom. The maximum atomic E-state index is 13.3. The molecule has 8 bridgehead atoms. The highest BCUT2D eigenvalue weighted by Gasteiger charge is 2.29. The minimum Gasteiger partial charge on any atom is -0.354 e. The molecule has 88 heavy (non-hydrogen) atoms. The topological polar surface area (TPSA) is 138 Å². The Bertz CT molecular complexity index is 4650. The summed E-state index contributed by atoms with van der Waals surface area (Å²) in [4.78, 5) is 57.3. The van der Waals surface area contributed by atoms with Crippen molar-refractivity contribution >= 4 is 57.4 Å². The Labute approximate surface area is 517 Å². The van der Waals surface area contributed by atoms with Crippen molar-refractivity contribution in [2.24, 2.45) is 0 Å². The number of H-pyrrole nitrogens is 3. The van der Waals surface area contributed by atoms with E-state index in [4.69, 9.17) is 9.97 Å². The van der Waals surface area contributed by atoms with Crippen LogP contribution in [0.15, 0.2) is 137 Å². The van der Waals surface area contributed by atoms with Crippen LogP contribution >= 0.6 is 0 Å². The zero-order chi connectivity index (χ0) is 62.9. The van der Waals surface area contributed by atoms with Gasteiger partial charge >= 0.3 is 5.69 Å². The van der Waals surface area contributed by atoms with Gasteiger partial charge in [-0.3, -0.25) is 14.3 Å². The number of nitrogens with one attached hydrogen (secondary N) is 3. The van der Waals surface area contributed by atoms with Crippen molar-refractivity contribution in [1.82, 2.24) is 39.5 Å². The fourth-order valence-corrected chi connectivity index (χ4v) is 12.0. The van der Waals surface area contributed by atoms with Crippen molar-refractivity contribution in [3.05, 3.63) is 204 Å². The van der Waals surface area contributed by atoms with Gasteiger partial charge in [0.15, 0.2) is 11.5 Å². The molecule has 446 valence electrons. The van der Waals surface area contributed by atoms with Crippen LogP contribution in [0, 0.1) is 0 Å². The van der Waals surface area contributed by atoms with Gasteiger partial charge in [-0.1, -0.05) is 203 Å². The first-order chi connectivity index (χ1) is 41.2. The van der Waals surface area contributed by atoms with E-state index < -0.39 is 11.2 Å². The molecule has 0 spiro atoms. The molecule has 0 unspecified atom stereocenters. The van der Waals surface area contributed by atoms with Crippen LogP contribution in [0.5, 0.6) is 0 Å². The van der Waals surface area contributed by atoms with Crippen LogP contribution in [0.25, 0.3) is 119 Å². The first-order valence-electron chi connectivity index (χ1n) is 30.9. The molecule has 7 heterocycles. The lowest BCUT2D eigenvalue weighted by atomic mass is 9.78. The van der Waals surface area contributed by atoms with E-state index in [-0.39, 0.29) is 44.0 Å². The molecule has 4 aliphatic heterocycles. The van der Waals surface area contributed by atoms with Gasteiger partial charge in [-0.15, -0.1) is 0 Å². The number of benzene rings is 5. The third kappa shape index (κ3) is 11.1. The molecule has 5 aromatic carbocycles. The summed E-state index contributed by atoms with van der Waals surface area (Å²) in [6.07, 6.45) is 8.72. The van der Waals surface area contributed by atoms with Gasteiger partial charge in [-0.2, -0.15) is 4.98 Å². The number of nitrogens with zero attached hydrogens (tertiary/aromatic N) is 5. The van der Waals surface area contributed by atoms with Crippen molar-refractivity contribution in [1.29, 1.82) is 0 Å². The summed E-state index contributed by atoms with van der Waals surface area (Å²) in [6, 6.07) is 45.9. The highest BCUT2D eigenvalue weighted by atomic mass is 16.2. The summed E-state index contributed by atoms with van der Waals surface area (Å²) in [5.74, 6) is 0.171. The third-order valence-electron chi connectivity index (χ3n) is 17.5. The van der Waals surface area contributed by atoms with Crippen molar-refractivity contribution in [2.45, 2.75) is 157 Å². The number of aromatic nitrogens is 8. The Morgan fingerprint density at radius 3 is 1.01 bits per heavy atom. The second kappa shape index (κ2) is 20.8. The molecule has 12 rings (SSSR count). The molecule has 0 fully saturated rings. The third-order valence-corrected chi connectivity index (χ3v) is 17.5. The van der Waals surface area contributed by atoms with Crippen LogP contribution in [0.3, 0.4) is 0 Å². The molecule has 0 radical (unpaired) electrons. The molecule has 3 N–H and O–H groups in total. The Balaban J connectivity index is 1.24. The highest BCUT2D eigenvalue weighted by Crippen LogP contribution is 2.44. The lowest BCUT2D eigenvalue weighted by molar-refractivity contribution is 0.568. The largest absolute Gasteiger partial charge is 0.354 e. The molecule has 3 aromatic heterocycles. The number of aromatic amines is 3. The van der Waals surface area contributed by atoms with Crippen LogP contribution < -0.4 is 11.2 Å². The Kier molecular flexibility index (Phi) is 14.0. The van der Waals surface area contributed by atoms with Gasteiger partial charge in [0.1, 0.15) is 0 Å². The Morgan fingerprint density at radius 2 is 0.670 bits per heavy atom. The average Bonchev–Trinajstić information content (AvgIpc) is 2.56. The van der Waals surface area contributed by atoms with Gasteiger partial charge in [-0.05, 0) is 161 Å². The number of hydrogen-bond donors (Lipinski definition) is 3. The summed E-state index contributed by atoms with van der Waals surface area (Å²) < 4.78 is 1.84. The van der Waals surface area contributed by atoms with Crippen molar-refractivity contribution in [3.8, 4) is 61.7 Å². The van der Waals surface area contributed by atoms with Crippen molar-refractivity contribution in [3.63, 3.8) is 0 Å². The van der Waals surface area contributed by atoms with Gasteiger partial charge in [0.2, 0.25) is 0 Å². The van der Waals surface area contributed by atoms with E-state index >= 15 is 0 Å². The first kappa shape index (κ1) is 59.3. The van der Waals surface area contributed by atoms with Gasteiger partial charge in [0.05, 0.1) is 33.8 Å². The molecule has 0 amide bonds. The van der Waals surface area contributed by atoms with Gasteiger partial charge in [0.25, 0.3) is 5.56 Å². The van der Waals surface area contributed by atoms with Crippen LogP contribution in [-0.4, -0.2) is 39.5 Å². The van der Waals surface area contributed by atoms with Gasteiger partial charge in [-0.25, -0.2) is 19.7 Å². The average molecular weight is 1160 g/mol. The normalized spacial score (nSPS) is 13.3. The smallest absolute Gasteiger partial charge is 0.349 e. The van der Waals surface area contributed by atoms with Crippen molar-refractivity contribution in [2.75, 3.05) is 0 Å². The van der Waals surface area contributed by atoms with E-state index in [2.05, 4.69) is 265 Å². The van der Waals surface area contributed by atoms with Crippen LogP contribution in [0.4, 0.5) is 0 Å². The SMILES string of the molecule is CC(C)(C)c1cc(-c2c3nc(c(-c4cc(C(C)(C)C)cc(C(C)(C)C)c4)c4ccc([nH]4)c(-c4cc(C(C)(C)C)cc(C(C)(C)C)c4)c4nc(c(-c5ccc(-n6c7nc(=O)[nH]c(=O)c-7nc7ccccc76)cc5)c5ccc2[nH]5)C=C4)C=C3)cc(C(C)(C)C)c1. The molecule has 4 aliphatic rings. The molecule has 0 saturated heterocycles. The lowest BCUT2D eigenvalue weighted by Crippen LogP contribution is -2.28. The highest BCUT2D eigenvalue weighted by molar-refractivity contribution is 6.00. The van der Waals surface area contributed by atoms with E-state index in [1.807, 2.05) is 41.0 Å². The number of rotatable bonds is 5. The lowest BCUT2D eigenvalue weighted by Gasteiger charge is -2.26. The van der Waals surface area contributed by atoms with E-state index in [0.29, 0.717) is 16.7 Å². The zero-order valence-electron chi connectivity index (χ0n) is 54.5.